The maximum absolute atomic E-state index is 12.0. The Bertz CT molecular complexity index is 351. The Balaban J connectivity index is 2.35. The van der Waals surface area contributed by atoms with Gasteiger partial charge in [0.25, 0.3) is 0 Å². The van der Waals surface area contributed by atoms with Crippen LogP contribution in [-0.2, 0) is 11.2 Å². The monoisotopic (exact) mass is 248 g/mol. The molecule has 0 fully saturated rings. The third-order valence-electron chi connectivity index (χ3n) is 3.14. The zero-order valence-corrected chi connectivity index (χ0v) is 11.4. The van der Waals surface area contributed by atoms with Crippen molar-refractivity contribution >= 4 is 5.91 Å². The van der Waals surface area contributed by atoms with Crippen LogP contribution in [0.3, 0.4) is 0 Å². The fourth-order valence-electron chi connectivity index (χ4n) is 1.88. The van der Waals surface area contributed by atoms with Crippen LogP contribution in [0.5, 0.6) is 0 Å². The molecule has 0 bridgehead atoms. The number of unbranched alkanes of at least 4 members (excludes halogenated alkanes) is 1. The second-order valence-corrected chi connectivity index (χ2v) is 4.74. The molecular weight excluding hydrogens is 224 g/mol. The van der Waals surface area contributed by atoms with Crippen LogP contribution in [0.25, 0.3) is 0 Å². The molecule has 100 valence electrons. The van der Waals surface area contributed by atoms with E-state index in [2.05, 4.69) is 19.1 Å². The molecule has 3 nitrogen and oxygen atoms in total. The number of carbonyl (C=O) groups excluding carboxylic acids is 1. The Morgan fingerprint density at radius 2 is 2.00 bits per heavy atom. The van der Waals surface area contributed by atoms with Gasteiger partial charge in [0, 0.05) is 13.6 Å². The van der Waals surface area contributed by atoms with Crippen molar-refractivity contribution in [1.29, 1.82) is 0 Å². The van der Waals surface area contributed by atoms with Crippen molar-refractivity contribution in [2.45, 2.75) is 38.6 Å². The van der Waals surface area contributed by atoms with E-state index >= 15 is 0 Å². The van der Waals surface area contributed by atoms with Crippen LogP contribution in [0, 0.1) is 0 Å². The lowest BCUT2D eigenvalue weighted by Crippen LogP contribution is -2.42. The number of rotatable bonds is 7. The van der Waals surface area contributed by atoms with Gasteiger partial charge in [-0.05, 0) is 18.4 Å². The summed E-state index contributed by atoms with van der Waals surface area (Å²) in [7, 11) is 1.83. The number of benzene rings is 1. The average molecular weight is 248 g/mol. The SMILES string of the molecule is CCCCC(N)C(=O)N(C)CCc1ccccc1. The van der Waals surface area contributed by atoms with E-state index in [1.807, 2.05) is 25.2 Å². The van der Waals surface area contributed by atoms with Gasteiger partial charge >= 0.3 is 0 Å². The summed E-state index contributed by atoms with van der Waals surface area (Å²) < 4.78 is 0. The summed E-state index contributed by atoms with van der Waals surface area (Å²) in [6.45, 7) is 2.83. The highest BCUT2D eigenvalue weighted by atomic mass is 16.2. The molecule has 1 atom stereocenters. The van der Waals surface area contributed by atoms with E-state index in [-0.39, 0.29) is 11.9 Å². The number of carbonyl (C=O) groups is 1. The van der Waals surface area contributed by atoms with Gasteiger partial charge in [-0.25, -0.2) is 0 Å². The van der Waals surface area contributed by atoms with Gasteiger partial charge in [-0.1, -0.05) is 50.1 Å². The van der Waals surface area contributed by atoms with E-state index in [0.29, 0.717) is 0 Å². The Morgan fingerprint density at radius 1 is 1.33 bits per heavy atom. The van der Waals surface area contributed by atoms with Gasteiger partial charge in [0.05, 0.1) is 6.04 Å². The molecule has 0 saturated carbocycles. The minimum atomic E-state index is -0.342. The molecule has 18 heavy (non-hydrogen) atoms. The molecule has 0 aromatic heterocycles. The van der Waals surface area contributed by atoms with Gasteiger partial charge in [0.2, 0.25) is 5.91 Å². The first kappa shape index (κ1) is 14.7. The first-order chi connectivity index (χ1) is 8.65. The van der Waals surface area contributed by atoms with Crippen molar-refractivity contribution in [1.82, 2.24) is 4.90 Å². The number of amides is 1. The van der Waals surface area contributed by atoms with Crippen LogP contribution in [0.4, 0.5) is 0 Å². The third kappa shape index (κ3) is 4.88. The van der Waals surface area contributed by atoms with Crippen LogP contribution >= 0.6 is 0 Å². The topological polar surface area (TPSA) is 46.3 Å². The molecular formula is C15H24N2O. The summed E-state index contributed by atoms with van der Waals surface area (Å²) >= 11 is 0. The summed E-state index contributed by atoms with van der Waals surface area (Å²) in [5.41, 5.74) is 7.13. The van der Waals surface area contributed by atoms with Crippen LogP contribution in [0.2, 0.25) is 0 Å². The molecule has 0 saturated heterocycles. The zero-order chi connectivity index (χ0) is 13.4. The van der Waals surface area contributed by atoms with E-state index in [0.717, 1.165) is 32.2 Å². The molecule has 0 radical (unpaired) electrons. The van der Waals surface area contributed by atoms with Crippen molar-refractivity contribution in [3.8, 4) is 0 Å². The number of likely N-dealkylation sites (N-methyl/N-ethyl adjacent to an activating group) is 1. The van der Waals surface area contributed by atoms with E-state index < -0.39 is 0 Å². The van der Waals surface area contributed by atoms with Crippen molar-refractivity contribution < 1.29 is 4.79 Å². The first-order valence-electron chi connectivity index (χ1n) is 6.69. The van der Waals surface area contributed by atoms with Gasteiger partial charge < -0.3 is 10.6 Å². The van der Waals surface area contributed by atoms with E-state index in [1.54, 1.807) is 4.90 Å². The lowest BCUT2D eigenvalue weighted by atomic mass is 10.1. The summed E-state index contributed by atoms with van der Waals surface area (Å²) in [4.78, 5) is 13.7. The molecule has 0 heterocycles. The maximum atomic E-state index is 12.0. The van der Waals surface area contributed by atoms with Gasteiger partial charge in [0.1, 0.15) is 0 Å². The number of hydrogen-bond acceptors (Lipinski definition) is 2. The smallest absolute Gasteiger partial charge is 0.239 e. The number of nitrogens with two attached hydrogens (primary N) is 1. The molecule has 1 amide bonds. The van der Waals surface area contributed by atoms with Crippen molar-refractivity contribution in [2.75, 3.05) is 13.6 Å². The Labute approximate surface area is 110 Å². The molecule has 1 rings (SSSR count). The molecule has 0 aliphatic rings. The van der Waals surface area contributed by atoms with E-state index in [1.165, 1.54) is 5.56 Å². The highest BCUT2D eigenvalue weighted by Gasteiger charge is 2.16. The normalized spacial score (nSPS) is 12.2. The maximum Gasteiger partial charge on any atom is 0.239 e. The minimum absolute atomic E-state index is 0.0550. The van der Waals surface area contributed by atoms with Crippen LogP contribution in [0.1, 0.15) is 31.7 Å². The molecule has 0 aliphatic heterocycles. The van der Waals surface area contributed by atoms with Gasteiger partial charge in [0.15, 0.2) is 0 Å². The summed E-state index contributed by atoms with van der Waals surface area (Å²) in [6, 6.07) is 9.85. The third-order valence-corrected chi connectivity index (χ3v) is 3.14. The van der Waals surface area contributed by atoms with Crippen molar-refractivity contribution in [3.63, 3.8) is 0 Å². The van der Waals surface area contributed by atoms with E-state index in [9.17, 15) is 4.79 Å². The van der Waals surface area contributed by atoms with Crippen LogP contribution in [-0.4, -0.2) is 30.4 Å². The fraction of sp³-hybridized carbons (Fsp3) is 0.533. The molecule has 1 aromatic rings. The molecule has 1 aromatic carbocycles. The number of hydrogen-bond donors (Lipinski definition) is 1. The quantitative estimate of drug-likeness (QED) is 0.804. The first-order valence-corrected chi connectivity index (χ1v) is 6.69. The molecule has 3 heteroatoms. The lowest BCUT2D eigenvalue weighted by Gasteiger charge is -2.21. The van der Waals surface area contributed by atoms with Gasteiger partial charge in [-0.15, -0.1) is 0 Å². The second kappa shape index (κ2) is 7.88. The van der Waals surface area contributed by atoms with E-state index in [4.69, 9.17) is 5.73 Å². The largest absolute Gasteiger partial charge is 0.344 e. The molecule has 1 unspecified atom stereocenters. The zero-order valence-electron chi connectivity index (χ0n) is 11.4. The van der Waals surface area contributed by atoms with Crippen molar-refractivity contribution in [3.05, 3.63) is 35.9 Å². The van der Waals surface area contributed by atoms with Crippen LogP contribution in [0.15, 0.2) is 30.3 Å². The lowest BCUT2D eigenvalue weighted by molar-refractivity contribution is -0.131. The average Bonchev–Trinajstić information content (AvgIpc) is 2.42. The predicted octanol–water partition coefficient (Wildman–Crippen LogP) is 2.21. The van der Waals surface area contributed by atoms with Gasteiger partial charge in [-0.3, -0.25) is 4.79 Å². The highest BCUT2D eigenvalue weighted by Crippen LogP contribution is 2.04. The predicted molar refractivity (Wildman–Crippen MR) is 75.3 cm³/mol. The minimum Gasteiger partial charge on any atom is -0.344 e. The fourth-order valence-corrected chi connectivity index (χ4v) is 1.88. The number of nitrogens with zero attached hydrogens (tertiary/aromatic N) is 1. The summed E-state index contributed by atoms with van der Waals surface area (Å²) in [5, 5.41) is 0. The Hall–Kier alpha value is -1.35. The molecule has 0 aliphatic carbocycles. The van der Waals surface area contributed by atoms with Crippen LogP contribution < -0.4 is 5.73 Å². The Morgan fingerprint density at radius 3 is 2.61 bits per heavy atom. The van der Waals surface area contributed by atoms with Gasteiger partial charge in [-0.2, -0.15) is 0 Å². The summed E-state index contributed by atoms with van der Waals surface area (Å²) in [6.07, 6.45) is 3.75. The second-order valence-electron chi connectivity index (χ2n) is 4.74. The molecule has 0 spiro atoms. The van der Waals surface area contributed by atoms with Crippen molar-refractivity contribution in [2.24, 2.45) is 5.73 Å². The standard InChI is InChI=1S/C15H24N2O/c1-3-4-10-14(16)15(18)17(2)12-11-13-8-6-5-7-9-13/h5-9,14H,3-4,10-12,16H2,1-2H3. The molecule has 2 N–H and O–H groups in total. The summed E-state index contributed by atoms with van der Waals surface area (Å²) in [5.74, 6) is 0.0550. The Kier molecular flexibility index (Phi) is 6.44. The highest BCUT2D eigenvalue weighted by molar-refractivity contribution is 5.81.